The van der Waals surface area contributed by atoms with E-state index in [4.69, 9.17) is 9.47 Å². The lowest BCUT2D eigenvalue weighted by molar-refractivity contribution is -0.161. The van der Waals surface area contributed by atoms with Crippen LogP contribution in [0.2, 0.25) is 0 Å². The topological polar surface area (TPSA) is 112 Å². The maximum absolute atomic E-state index is 12.8. The summed E-state index contributed by atoms with van der Waals surface area (Å²) < 4.78 is 12.4. The molecule has 1 fully saturated rings. The molecule has 9 heteroatoms. The summed E-state index contributed by atoms with van der Waals surface area (Å²) in [5.41, 5.74) is 5.31. The van der Waals surface area contributed by atoms with Gasteiger partial charge in [-0.25, -0.2) is 4.79 Å². The molecule has 0 bridgehead atoms. The molecule has 0 spiro atoms. The van der Waals surface area contributed by atoms with E-state index in [0.717, 1.165) is 22.3 Å². The van der Waals surface area contributed by atoms with Crippen molar-refractivity contribution in [1.82, 2.24) is 14.8 Å². The summed E-state index contributed by atoms with van der Waals surface area (Å²) in [5.74, 6) is -0.939. The average Bonchev–Trinajstić information content (AvgIpc) is 3.75. The van der Waals surface area contributed by atoms with Gasteiger partial charge in [0.05, 0.1) is 22.5 Å². The van der Waals surface area contributed by atoms with E-state index in [1.807, 2.05) is 87.5 Å². The summed E-state index contributed by atoms with van der Waals surface area (Å²) in [4.78, 5) is 42.0. The van der Waals surface area contributed by atoms with Crippen molar-refractivity contribution in [3.8, 4) is 22.5 Å². The monoisotopic (exact) mass is 566 g/mol. The molecule has 0 radical (unpaired) electrons. The van der Waals surface area contributed by atoms with Crippen molar-refractivity contribution < 1.29 is 23.9 Å². The van der Waals surface area contributed by atoms with Gasteiger partial charge in [-0.1, -0.05) is 67.6 Å². The van der Waals surface area contributed by atoms with E-state index in [1.54, 1.807) is 17.9 Å². The number of aryl methyl sites for hydroxylation is 2. The first-order valence-corrected chi connectivity index (χ1v) is 14.1. The Labute approximate surface area is 244 Å². The highest BCUT2D eigenvalue weighted by Gasteiger charge is 2.53. The van der Waals surface area contributed by atoms with Crippen LogP contribution in [0.5, 0.6) is 0 Å². The standard InChI is InChI=1S/C33H34N4O5/c1-5-9-28(38)42-31(39)33(18-19-33)26-15-12-24(13-16-26)25-14-17-27(34-20-25)30-29(21(2)36-37(30)4)35-32(40)41-22(3)23-10-7-6-8-11-23/h6-8,10-17,20,22H,5,9,18-19H2,1-4H3,(H,35,40). The lowest BCUT2D eigenvalue weighted by atomic mass is 9.94. The SMILES string of the molecule is CCCC(=O)OC(=O)C1(c2ccc(-c3ccc(-c4c(NC(=O)OC(C)c5ccccc5)c(C)nn4C)nc3)cc2)CC1. The number of amides is 1. The van der Waals surface area contributed by atoms with Crippen LogP contribution < -0.4 is 5.32 Å². The molecular formula is C33H34N4O5. The fourth-order valence-electron chi connectivity index (χ4n) is 5.06. The predicted octanol–water partition coefficient (Wildman–Crippen LogP) is 6.67. The van der Waals surface area contributed by atoms with Crippen molar-refractivity contribution in [1.29, 1.82) is 0 Å². The molecule has 1 aliphatic carbocycles. The largest absolute Gasteiger partial charge is 0.441 e. The van der Waals surface area contributed by atoms with E-state index < -0.39 is 29.6 Å². The van der Waals surface area contributed by atoms with E-state index in [2.05, 4.69) is 15.4 Å². The molecule has 1 aliphatic rings. The molecule has 1 N–H and O–H groups in total. The average molecular weight is 567 g/mol. The third-order valence-electron chi connectivity index (χ3n) is 7.58. The molecule has 216 valence electrons. The van der Waals surface area contributed by atoms with Crippen LogP contribution >= 0.6 is 0 Å². The third-order valence-corrected chi connectivity index (χ3v) is 7.58. The number of esters is 2. The lowest BCUT2D eigenvalue weighted by Crippen LogP contribution is -2.25. The Bertz CT molecular complexity index is 1590. The van der Waals surface area contributed by atoms with Crippen LogP contribution in [-0.2, 0) is 31.5 Å². The van der Waals surface area contributed by atoms with Crippen LogP contribution in [0.15, 0.2) is 72.9 Å². The van der Waals surface area contributed by atoms with Gasteiger partial charge in [0.1, 0.15) is 11.8 Å². The number of hydrogen-bond donors (Lipinski definition) is 1. The van der Waals surface area contributed by atoms with Gasteiger partial charge in [-0.05, 0) is 55.9 Å². The predicted molar refractivity (Wildman–Crippen MR) is 158 cm³/mol. The molecule has 0 saturated heterocycles. The number of rotatable bonds is 9. The second-order valence-corrected chi connectivity index (χ2v) is 10.6. The fraction of sp³-hybridized carbons (Fsp3) is 0.303. The first-order chi connectivity index (χ1) is 20.2. The zero-order valence-corrected chi connectivity index (χ0v) is 24.2. The summed E-state index contributed by atoms with van der Waals surface area (Å²) in [6.45, 7) is 5.51. The van der Waals surface area contributed by atoms with E-state index in [9.17, 15) is 14.4 Å². The Morgan fingerprint density at radius 2 is 1.69 bits per heavy atom. The van der Waals surface area contributed by atoms with Gasteiger partial charge < -0.3 is 9.47 Å². The molecular weight excluding hydrogens is 532 g/mol. The van der Waals surface area contributed by atoms with Gasteiger partial charge in [0.15, 0.2) is 0 Å². The highest BCUT2D eigenvalue weighted by atomic mass is 16.6. The van der Waals surface area contributed by atoms with Gasteiger partial charge >= 0.3 is 18.0 Å². The van der Waals surface area contributed by atoms with Crippen molar-refractivity contribution in [2.24, 2.45) is 7.05 Å². The number of nitrogens with zero attached hydrogens (tertiary/aromatic N) is 3. The summed E-state index contributed by atoms with van der Waals surface area (Å²) in [6.07, 6.45) is 2.97. The molecule has 1 unspecified atom stereocenters. The van der Waals surface area contributed by atoms with Gasteiger partial charge in [0.25, 0.3) is 0 Å². The van der Waals surface area contributed by atoms with E-state index in [-0.39, 0.29) is 6.42 Å². The van der Waals surface area contributed by atoms with Gasteiger partial charge in [0, 0.05) is 25.2 Å². The Balaban J connectivity index is 1.29. The minimum atomic E-state index is -0.731. The van der Waals surface area contributed by atoms with E-state index in [1.165, 1.54) is 0 Å². The second kappa shape index (κ2) is 12.0. The van der Waals surface area contributed by atoms with Crippen molar-refractivity contribution in [3.63, 3.8) is 0 Å². The van der Waals surface area contributed by atoms with Crippen LogP contribution in [-0.4, -0.2) is 32.8 Å². The molecule has 1 saturated carbocycles. The van der Waals surface area contributed by atoms with Crippen LogP contribution in [0.4, 0.5) is 10.5 Å². The fourth-order valence-corrected chi connectivity index (χ4v) is 5.06. The minimum absolute atomic E-state index is 0.233. The van der Waals surface area contributed by atoms with Gasteiger partial charge in [-0.2, -0.15) is 5.10 Å². The zero-order chi connectivity index (χ0) is 29.9. The van der Waals surface area contributed by atoms with Crippen LogP contribution in [0.3, 0.4) is 0 Å². The molecule has 2 aromatic heterocycles. The molecule has 2 aromatic carbocycles. The molecule has 42 heavy (non-hydrogen) atoms. The van der Waals surface area contributed by atoms with Crippen LogP contribution in [0, 0.1) is 6.92 Å². The number of benzene rings is 2. The minimum Gasteiger partial charge on any atom is -0.441 e. The molecule has 4 aromatic rings. The Kier molecular flexibility index (Phi) is 8.20. The Morgan fingerprint density at radius 3 is 2.31 bits per heavy atom. The highest BCUT2D eigenvalue weighted by Crippen LogP contribution is 2.49. The van der Waals surface area contributed by atoms with Gasteiger partial charge in [-0.15, -0.1) is 0 Å². The molecule has 5 rings (SSSR count). The van der Waals surface area contributed by atoms with Gasteiger partial charge in [-0.3, -0.25) is 24.6 Å². The number of carbonyl (C=O) groups excluding carboxylic acids is 3. The van der Waals surface area contributed by atoms with Crippen LogP contribution in [0.25, 0.3) is 22.5 Å². The van der Waals surface area contributed by atoms with Crippen molar-refractivity contribution in [2.75, 3.05) is 5.32 Å². The van der Waals surface area contributed by atoms with Gasteiger partial charge in [0.2, 0.25) is 0 Å². The number of carbonyl (C=O) groups is 3. The number of aromatic nitrogens is 3. The van der Waals surface area contributed by atoms with Crippen LogP contribution in [0.1, 0.15) is 62.5 Å². The molecule has 0 aliphatic heterocycles. The summed E-state index contributed by atoms with van der Waals surface area (Å²) in [6, 6.07) is 21.1. The highest BCUT2D eigenvalue weighted by molar-refractivity contribution is 5.94. The number of hydrogen-bond acceptors (Lipinski definition) is 7. The van der Waals surface area contributed by atoms with Crippen molar-refractivity contribution in [3.05, 3.63) is 89.7 Å². The molecule has 9 nitrogen and oxygen atoms in total. The summed E-state index contributed by atoms with van der Waals surface area (Å²) in [5, 5.41) is 7.34. The first-order valence-electron chi connectivity index (χ1n) is 14.1. The number of pyridine rings is 1. The first kappa shape index (κ1) is 28.7. The number of ether oxygens (including phenoxy) is 2. The smallest absolute Gasteiger partial charge is 0.412 e. The van der Waals surface area contributed by atoms with Crippen molar-refractivity contribution >= 4 is 23.7 Å². The normalized spacial score (nSPS) is 14.1. The summed E-state index contributed by atoms with van der Waals surface area (Å²) >= 11 is 0. The number of nitrogens with one attached hydrogen (secondary N) is 1. The quantitative estimate of drug-likeness (QED) is 0.178. The second-order valence-electron chi connectivity index (χ2n) is 10.6. The van der Waals surface area contributed by atoms with E-state index >= 15 is 0 Å². The third kappa shape index (κ3) is 5.95. The molecule has 1 atom stereocenters. The summed E-state index contributed by atoms with van der Waals surface area (Å²) in [7, 11) is 1.80. The lowest BCUT2D eigenvalue weighted by Gasteiger charge is -2.15. The maximum atomic E-state index is 12.8. The Hall–Kier alpha value is -4.79. The van der Waals surface area contributed by atoms with Crippen molar-refractivity contribution in [2.45, 2.75) is 58.0 Å². The maximum Gasteiger partial charge on any atom is 0.412 e. The zero-order valence-electron chi connectivity index (χ0n) is 24.2. The number of anilines is 1. The van der Waals surface area contributed by atoms with E-state index in [0.29, 0.717) is 42.0 Å². The molecule has 2 heterocycles. The molecule has 1 amide bonds. The Morgan fingerprint density at radius 1 is 1.00 bits per heavy atom.